The fraction of sp³-hybridized carbons (Fsp3) is 0.929. The van der Waals surface area contributed by atoms with Crippen molar-refractivity contribution in [2.75, 3.05) is 5.75 Å². The van der Waals surface area contributed by atoms with Gasteiger partial charge in [0.15, 0.2) is 0 Å². The minimum atomic E-state index is -3.43. The van der Waals surface area contributed by atoms with Crippen molar-refractivity contribution in [1.82, 2.24) is 4.72 Å². The van der Waals surface area contributed by atoms with E-state index in [1.807, 2.05) is 20.8 Å². The van der Waals surface area contributed by atoms with Gasteiger partial charge in [-0.05, 0) is 24.7 Å². The molecule has 0 amide bonds. The van der Waals surface area contributed by atoms with Crippen LogP contribution in [0.3, 0.4) is 0 Å². The van der Waals surface area contributed by atoms with Gasteiger partial charge in [-0.1, -0.05) is 40.0 Å². The standard InChI is InChI=1S/C14H27NO4S/c1-13(2,3)9-10-20(18,19)15-14(11-12(16)17)7-5-4-6-8-14/h15H,4-11H2,1-3H3,(H,16,17). The van der Waals surface area contributed by atoms with E-state index in [1.165, 1.54) is 0 Å². The third-order valence-corrected chi connectivity index (χ3v) is 5.28. The Hall–Kier alpha value is -0.620. The first-order chi connectivity index (χ1) is 9.04. The van der Waals surface area contributed by atoms with Gasteiger partial charge in [0.1, 0.15) is 0 Å². The highest BCUT2D eigenvalue weighted by atomic mass is 32.2. The number of rotatable bonds is 6. The third-order valence-electron chi connectivity index (χ3n) is 3.79. The lowest BCUT2D eigenvalue weighted by molar-refractivity contribution is -0.138. The van der Waals surface area contributed by atoms with Crippen molar-refractivity contribution in [2.24, 2.45) is 5.41 Å². The molecule has 1 aliphatic rings. The lowest BCUT2D eigenvalue weighted by Crippen LogP contribution is -2.51. The van der Waals surface area contributed by atoms with Gasteiger partial charge in [0.25, 0.3) is 0 Å². The second kappa shape index (κ2) is 6.43. The molecule has 0 aromatic carbocycles. The van der Waals surface area contributed by atoms with Crippen LogP contribution in [0.2, 0.25) is 0 Å². The third kappa shape index (κ3) is 6.22. The van der Waals surface area contributed by atoms with E-state index in [-0.39, 0.29) is 17.6 Å². The normalized spacial score (nSPS) is 19.8. The van der Waals surface area contributed by atoms with Gasteiger partial charge in [0.2, 0.25) is 10.0 Å². The molecular formula is C14H27NO4S. The van der Waals surface area contributed by atoms with Crippen molar-refractivity contribution < 1.29 is 18.3 Å². The molecule has 0 aliphatic heterocycles. The summed E-state index contributed by atoms with van der Waals surface area (Å²) in [5.74, 6) is -0.886. The van der Waals surface area contributed by atoms with Crippen molar-refractivity contribution in [3.63, 3.8) is 0 Å². The summed E-state index contributed by atoms with van der Waals surface area (Å²) < 4.78 is 27.2. The van der Waals surface area contributed by atoms with Crippen molar-refractivity contribution in [1.29, 1.82) is 0 Å². The monoisotopic (exact) mass is 305 g/mol. The molecule has 0 aromatic heterocycles. The van der Waals surface area contributed by atoms with Crippen LogP contribution in [0.4, 0.5) is 0 Å². The molecule has 0 saturated heterocycles. The van der Waals surface area contributed by atoms with E-state index in [2.05, 4.69) is 4.72 Å². The van der Waals surface area contributed by atoms with Gasteiger partial charge in [-0.3, -0.25) is 4.79 Å². The van der Waals surface area contributed by atoms with Crippen LogP contribution in [0.1, 0.15) is 65.7 Å². The molecule has 1 rings (SSSR count). The summed E-state index contributed by atoms with van der Waals surface area (Å²) >= 11 is 0. The van der Waals surface area contributed by atoms with Crippen LogP contribution in [-0.4, -0.2) is 30.8 Å². The molecule has 0 atom stereocenters. The average molecular weight is 305 g/mol. The Morgan fingerprint density at radius 1 is 1.20 bits per heavy atom. The zero-order chi connectivity index (χ0) is 15.4. The van der Waals surface area contributed by atoms with E-state index in [0.717, 1.165) is 19.3 Å². The Labute approximate surface area is 122 Å². The van der Waals surface area contributed by atoms with E-state index in [4.69, 9.17) is 5.11 Å². The molecule has 20 heavy (non-hydrogen) atoms. The molecule has 0 spiro atoms. The minimum absolute atomic E-state index is 0.0534. The van der Waals surface area contributed by atoms with Gasteiger partial charge in [-0.15, -0.1) is 0 Å². The number of carboxylic acid groups (broad SMARTS) is 1. The van der Waals surface area contributed by atoms with Crippen LogP contribution in [0.25, 0.3) is 0 Å². The molecule has 118 valence electrons. The van der Waals surface area contributed by atoms with Crippen LogP contribution < -0.4 is 4.72 Å². The number of sulfonamides is 1. The minimum Gasteiger partial charge on any atom is -0.481 e. The smallest absolute Gasteiger partial charge is 0.305 e. The maximum atomic E-state index is 12.2. The topological polar surface area (TPSA) is 83.5 Å². The molecule has 1 fully saturated rings. The van der Waals surface area contributed by atoms with Gasteiger partial charge >= 0.3 is 5.97 Å². The second-order valence-corrected chi connectivity index (χ2v) is 8.98. The number of hydrogen-bond donors (Lipinski definition) is 2. The Kier molecular flexibility index (Phi) is 5.61. The first kappa shape index (κ1) is 17.4. The summed E-state index contributed by atoms with van der Waals surface area (Å²) in [5, 5.41) is 9.05. The zero-order valence-corrected chi connectivity index (χ0v) is 13.6. The first-order valence-electron chi connectivity index (χ1n) is 7.27. The summed E-state index contributed by atoms with van der Waals surface area (Å²) in [7, 11) is -3.43. The predicted octanol–water partition coefficient (Wildman–Crippen LogP) is 2.52. The summed E-state index contributed by atoms with van der Waals surface area (Å²) in [6, 6.07) is 0. The van der Waals surface area contributed by atoms with E-state index in [0.29, 0.717) is 19.3 Å². The Morgan fingerprint density at radius 3 is 2.20 bits per heavy atom. The summed E-state index contributed by atoms with van der Waals surface area (Å²) in [6.07, 6.45) is 4.49. The molecular weight excluding hydrogens is 278 g/mol. The molecule has 0 aromatic rings. The lowest BCUT2D eigenvalue weighted by atomic mass is 9.80. The van der Waals surface area contributed by atoms with Gasteiger partial charge in [0, 0.05) is 5.54 Å². The van der Waals surface area contributed by atoms with E-state index >= 15 is 0 Å². The fourth-order valence-corrected chi connectivity index (χ4v) is 4.57. The van der Waals surface area contributed by atoms with Crippen molar-refractivity contribution >= 4 is 16.0 Å². The van der Waals surface area contributed by atoms with Gasteiger partial charge in [-0.2, -0.15) is 0 Å². The van der Waals surface area contributed by atoms with Gasteiger partial charge < -0.3 is 5.11 Å². The van der Waals surface area contributed by atoms with Gasteiger partial charge in [-0.25, -0.2) is 13.1 Å². The highest BCUT2D eigenvalue weighted by molar-refractivity contribution is 7.89. The second-order valence-electron chi connectivity index (χ2n) is 7.14. The molecule has 0 bridgehead atoms. The average Bonchev–Trinajstić information content (AvgIpc) is 2.25. The molecule has 2 N–H and O–H groups in total. The number of carbonyl (C=O) groups is 1. The van der Waals surface area contributed by atoms with Crippen molar-refractivity contribution in [3.05, 3.63) is 0 Å². The molecule has 1 aliphatic carbocycles. The number of aliphatic carboxylic acids is 1. The van der Waals surface area contributed by atoms with E-state index < -0.39 is 21.5 Å². The molecule has 6 heteroatoms. The Bertz CT molecular complexity index is 431. The van der Waals surface area contributed by atoms with Crippen molar-refractivity contribution in [3.8, 4) is 0 Å². The quantitative estimate of drug-likeness (QED) is 0.790. The fourth-order valence-electron chi connectivity index (χ4n) is 2.65. The van der Waals surface area contributed by atoms with Gasteiger partial charge in [0.05, 0.1) is 12.2 Å². The summed E-state index contributed by atoms with van der Waals surface area (Å²) in [5.41, 5.74) is -0.831. The number of carboxylic acids is 1. The highest BCUT2D eigenvalue weighted by Gasteiger charge is 2.38. The molecule has 0 unspecified atom stereocenters. The van der Waals surface area contributed by atoms with Crippen LogP contribution in [0, 0.1) is 5.41 Å². The van der Waals surface area contributed by atoms with E-state index in [1.54, 1.807) is 0 Å². The Balaban J connectivity index is 2.75. The lowest BCUT2D eigenvalue weighted by Gasteiger charge is -2.36. The van der Waals surface area contributed by atoms with Crippen LogP contribution in [-0.2, 0) is 14.8 Å². The van der Waals surface area contributed by atoms with Crippen LogP contribution in [0.15, 0.2) is 0 Å². The molecule has 1 saturated carbocycles. The van der Waals surface area contributed by atoms with E-state index in [9.17, 15) is 13.2 Å². The number of hydrogen-bond acceptors (Lipinski definition) is 3. The number of nitrogens with one attached hydrogen (secondary N) is 1. The summed E-state index contributed by atoms with van der Waals surface area (Å²) in [6.45, 7) is 5.99. The van der Waals surface area contributed by atoms with Crippen LogP contribution in [0.5, 0.6) is 0 Å². The molecule has 5 nitrogen and oxygen atoms in total. The first-order valence-corrected chi connectivity index (χ1v) is 8.92. The Morgan fingerprint density at radius 2 is 1.75 bits per heavy atom. The highest BCUT2D eigenvalue weighted by Crippen LogP contribution is 2.32. The maximum Gasteiger partial charge on any atom is 0.305 e. The molecule has 0 heterocycles. The largest absolute Gasteiger partial charge is 0.481 e. The van der Waals surface area contributed by atoms with Crippen LogP contribution >= 0.6 is 0 Å². The maximum absolute atomic E-state index is 12.2. The summed E-state index contributed by atoms with van der Waals surface area (Å²) in [4.78, 5) is 11.0. The SMILES string of the molecule is CC(C)(C)CCS(=O)(=O)NC1(CC(=O)O)CCCCC1. The predicted molar refractivity (Wildman–Crippen MR) is 79.1 cm³/mol. The van der Waals surface area contributed by atoms with Crippen molar-refractivity contribution in [2.45, 2.75) is 71.3 Å². The zero-order valence-electron chi connectivity index (χ0n) is 12.7. The molecule has 0 radical (unpaired) electrons.